The molecular weight excluding hydrogens is 328 g/mol. The van der Waals surface area contributed by atoms with Crippen molar-refractivity contribution >= 4 is 11.8 Å². The largest absolute Gasteiger partial charge is 0.378 e. The van der Waals surface area contributed by atoms with Crippen LogP contribution in [0.15, 0.2) is 42.6 Å². The van der Waals surface area contributed by atoms with Crippen LogP contribution in [0.5, 0.6) is 0 Å². The number of urea groups is 1. The van der Waals surface area contributed by atoms with Crippen molar-refractivity contribution < 1.29 is 9.53 Å². The first-order chi connectivity index (χ1) is 12.6. The minimum atomic E-state index is -0.183. The van der Waals surface area contributed by atoms with Crippen LogP contribution in [0.25, 0.3) is 0 Å². The van der Waals surface area contributed by atoms with Gasteiger partial charge in [-0.1, -0.05) is 30.3 Å². The number of amides is 2. The second-order valence-corrected chi connectivity index (χ2v) is 6.49. The average molecular weight is 354 g/mol. The Morgan fingerprint density at radius 3 is 2.77 bits per heavy atom. The van der Waals surface area contributed by atoms with Gasteiger partial charge in [-0.25, -0.2) is 9.78 Å². The fourth-order valence-electron chi connectivity index (χ4n) is 3.20. The molecule has 1 aromatic heterocycles. The van der Waals surface area contributed by atoms with Gasteiger partial charge in [-0.05, 0) is 31.0 Å². The van der Waals surface area contributed by atoms with Crippen molar-refractivity contribution in [2.75, 3.05) is 31.2 Å². The number of hydrogen-bond acceptors (Lipinski definition) is 4. The number of rotatable bonds is 5. The van der Waals surface area contributed by atoms with Gasteiger partial charge in [0.05, 0.1) is 19.3 Å². The summed E-state index contributed by atoms with van der Waals surface area (Å²) in [5.41, 5.74) is 3.30. The highest BCUT2D eigenvalue weighted by Gasteiger charge is 2.16. The van der Waals surface area contributed by atoms with Crippen LogP contribution in [0.3, 0.4) is 0 Å². The molecule has 3 rings (SSSR count). The number of nitrogens with one attached hydrogen (secondary N) is 2. The molecule has 1 atom stereocenters. The molecule has 0 saturated carbocycles. The van der Waals surface area contributed by atoms with E-state index in [1.165, 1.54) is 5.56 Å². The lowest BCUT2D eigenvalue weighted by Crippen LogP contribution is -2.39. The number of aryl methyl sites for hydroxylation is 1. The smallest absolute Gasteiger partial charge is 0.315 e. The first-order valence-electron chi connectivity index (χ1n) is 9.01. The number of morpholine rings is 1. The molecule has 0 aliphatic carbocycles. The van der Waals surface area contributed by atoms with E-state index in [0.717, 1.165) is 30.0 Å². The second-order valence-electron chi connectivity index (χ2n) is 6.49. The lowest BCUT2D eigenvalue weighted by Gasteiger charge is -2.29. The van der Waals surface area contributed by atoms with Crippen LogP contribution in [0.2, 0.25) is 0 Å². The Balaban J connectivity index is 1.59. The van der Waals surface area contributed by atoms with Crippen LogP contribution in [-0.4, -0.2) is 37.3 Å². The standard InChI is InChI=1S/C20H26N4O2/c1-15-6-3-4-8-18(15)16(2)23-20(25)22-14-17-7-5-9-21-19(17)24-10-12-26-13-11-24/h3-9,16H,10-14H2,1-2H3,(H2,22,23,25). The molecule has 1 fully saturated rings. The third-order valence-corrected chi connectivity index (χ3v) is 4.62. The van der Waals surface area contributed by atoms with E-state index in [2.05, 4.69) is 33.5 Å². The molecule has 1 saturated heterocycles. The highest BCUT2D eigenvalue weighted by molar-refractivity contribution is 5.74. The summed E-state index contributed by atoms with van der Waals surface area (Å²) in [7, 11) is 0. The third-order valence-electron chi connectivity index (χ3n) is 4.62. The molecule has 6 nitrogen and oxygen atoms in total. The number of aromatic nitrogens is 1. The Kier molecular flexibility index (Phi) is 6.07. The molecule has 2 amide bonds. The van der Waals surface area contributed by atoms with Gasteiger partial charge in [0.2, 0.25) is 0 Å². The fourth-order valence-corrected chi connectivity index (χ4v) is 3.20. The maximum absolute atomic E-state index is 12.3. The van der Waals surface area contributed by atoms with Crippen LogP contribution in [0, 0.1) is 6.92 Å². The van der Waals surface area contributed by atoms with Crippen molar-refractivity contribution in [1.82, 2.24) is 15.6 Å². The van der Waals surface area contributed by atoms with Crippen molar-refractivity contribution in [1.29, 1.82) is 0 Å². The quantitative estimate of drug-likeness (QED) is 0.866. The van der Waals surface area contributed by atoms with E-state index in [1.807, 2.05) is 37.3 Å². The van der Waals surface area contributed by atoms with Gasteiger partial charge in [0.1, 0.15) is 5.82 Å². The van der Waals surface area contributed by atoms with E-state index < -0.39 is 0 Å². The molecular formula is C20H26N4O2. The topological polar surface area (TPSA) is 66.5 Å². The minimum Gasteiger partial charge on any atom is -0.378 e. The van der Waals surface area contributed by atoms with Crippen molar-refractivity contribution in [3.05, 3.63) is 59.3 Å². The zero-order valence-corrected chi connectivity index (χ0v) is 15.4. The van der Waals surface area contributed by atoms with Gasteiger partial charge >= 0.3 is 6.03 Å². The van der Waals surface area contributed by atoms with E-state index >= 15 is 0 Å². The number of benzene rings is 1. The van der Waals surface area contributed by atoms with Crippen LogP contribution < -0.4 is 15.5 Å². The zero-order chi connectivity index (χ0) is 18.4. The van der Waals surface area contributed by atoms with E-state index in [0.29, 0.717) is 19.8 Å². The lowest BCUT2D eigenvalue weighted by molar-refractivity contribution is 0.122. The molecule has 0 spiro atoms. The molecule has 6 heteroatoms. The molecule has 1 aliphatic rings. The predicted molar refractivity (Wildman–Crippen MR) is 102 cm³/mol. The number of carbonyl (C=O) groups is 1. The molecule has 1 aliphatic heterocycles. The van der Waals surface area contributed by atoms with E-state index in [1.54, 1.807) is 6.20 Å². The summed E-state index contributed by atoms with van der Waals surface area (Å²) >= 11 is 0. The number of hydrogen-bond donors (Lipinski definition) is 2. The third kappa shape index (κ3) is 4.52. The molecule has 2 aromatic rings. The van der Waals surface area contributed by atoms with Crippen molar-refractivity contribution in [3.63, 3.8) is 0 Å². The van der Waals surface area contributed by atoms with Crippen molar-refractivity contribution in [2.45, 2.75) is 26.4 Å². The monoisotopic (exact) mass is 354 g/mol. The van der Waals surface area contributed by atoms with Gasteiger partial charge in [-0.3, -0.25) is 0 Å². The molecule has 0 radical (unpaired) electrons. The summed E-state index contributed by atoms with van der Waals surface area (Å²) in [5, 5.41) is 5.95. The maximum atomic E-state index is 12.3. The van der Waals surface area contributed by atoms with Gasteiger partial charge in [0.25, 0.3) is 0 Å². The number of anilines is 1. The van der Waals surface area contributed by atoms with Gasteiger partial charge in [-0.2, -0.15) is 0 Å². The van der Waals surface area contributed by atoms with E-state index in [9.17, 15) is 4.79 Å². The summed E-state index contributed by atoms with van der Waals surface area (Å²) in [6.45, 7) is 7.53. The van der Waals surface area contributed by atoms with Crippen LogP contribution in [0.4, 0.5) is 10.6 Å². The number of pyridine rings is 1. The summed E-state index contributed by atoms with van der Waals surface area (Å²) in [6.07, 6.45) is 1.79. The highest BCUT2D eigenvalue weighted by atomic mass is 16.5. The molecule has 138 valence electrons. The first kappa shape index (κ1) is 18.2. The average Bonchev–Trinajstić information content (AvgIpc) is 2.67. The Hall–Kier alpha value is -2.60. The SMILES string of the molecule is Cc1ccccc1C(C)NC(=O)NCc1cccnc1N1CCOCC1. The maximum Gasteiger partial charge on any atom is 0.315 e. The normalized spacial score (nSPS) is 15.4. The van der Waals surface area contributed by atoms with Gasteiger partial charge in [-0.15, -0.1) is 0 Å². The first-order valence-corrected chi connectivity index (χ1v) is 9.01. The molecule has 2 N–H and O–H groups in total. The van der Waals surface area contributed by atoms with Gasteiger partial charge in [0.15, 0.2) is 0 Å². The van der Waals surface area contributed by atoms with Gasteiger partial charge < -0.3 is 20.3 Å². The molecule has 2 heterocycles. The predicted octanol–water partition coefficient (Wildman–Crippen LogP) is 2.79. The van der Waals surface area contributed by atoms with Crippen LogP contribution in [-0.2, 0) is 11.3 Å². The van der Waals surface area contributed by atoms with Crippen LogP contribution in [0.1, 0.15) is 29.7 Å². The van der Waals surface area contributed by atoms with E-state index in [4.69, 9.17) is 4.74 Å². The summed E-state index contributed by atoms with van der Waals surface area (Å²) < 4.78 is 5.41. The Morgan fingerprint density at radius 1 is 1.23 bits per heavy atom. The molecule has 26 heavy (non-hydrogen) atoms. The van der Waals surface area contributed by atoms with E-state index in [-0.39, 0.29) is 12.1 Å². The summed E-state index contributed by atoms with van der Waals surface area (Å²) in [5.74, 6) is 0.919. The van der Waals surface area contributed by atoms with Crippen molar-refractivity contribution in [2.24, 2.45) is 0 Å². The fraction of sp³-hybridized carbons (Fsp3) is 0.400. The summed E-state index contributed by atoms with van der Waals surface area (Å²) in [6, 6.07) is 11.7. The Labute approximate surface area is 154 Å². The number of carbonyl (C=O) groups excluding carboxylic acids is 1. The molecule has 0 bridgehead atoms. The zero-order valence-electron chi connectivity index (χ0n) is 15.4. The van der Waals surface area contributed by atoms with Crippen molar-refractivity contribution in [3.8, 4) is 0 Å². The lowest BCUT2D eigenvalue weighted by atomic mass is 10.0. The Morgan fingerprint density at radius 2 is 2.00 bits per heavy atom. The minimum absolute atomic E-state index is 0.0520. The summed E-state index contributed by atoms with van der Waals surface area (Å²) in [4.78, 5) is 19.0. The number of nitrogens with zero attached hydrogens (tertiary/aromatic N) is 2. The van der Waals surface area contributed by atoms with Crippen LogP contribution >= 0.6 is 0 Å². The molecule has 1 aromatic carbocycles. The highest BCUT2D eigenvalue weighted by Crippen LogP contribution is 2.19. The van der Waals surface area contributed by atoms with Gasteiger partial charge in [0, 0.05) is 31.4 Å². The number of ether oxygens (including phenoxy) is 1. The molecule has 1 unspecified atom stereocenters. The second kappa shape index (κ2) is 8.67. The Bertz CT molecular complexity index is 744.